The number of likely N-dealkylation sites (N-methyl/N-ethyl adjacent to an activating group) is 1. The largest absolute Gasteiger partial charge is 0.460 e. The fraction of sp³-hybridized carbons (Fsp3) is 0.917. The maximum atomic E-state index is 13.4. The minimum atomic E-state index is -0.960. The zero-order valence-corrected chi connectivity index (χ0v) is 11.0. The molecule has 17 heavy (non-hydrogen) atoms. The van der Waals surface area contributed by atoms with Gasteiger partial charge in [0.15, 0.2) is 0 Å². The molecule has 0 amide bonds. The van der Waals surface area contributed by atoms with Gasteiger partial charge in [0.05, 0.1) is 25.7 Å². The van der Waals surface area contributed by atoms with Crippen LogP contribution in [0.1, 0.15) is 27.2 Å². The van der Waals surface area contributed by atoms with Gasteiger partial charge >= 0.3 is 5.97 Å². The average molecular weight is 247 g/mol. The molecule has 2 atom stereocenters. The highest BCUT2D eigenvalue weighted by Gasteiger charge is 2.31. The third-order valence-electron chi connectivity index (χ3n) is 2.64. The summed E-state index contributed by atoms with van der Waals surface area (Å²) in [6.45, 7) is 6.53. The number of hydrogen-bond acceptors (Lipinski definition) is 4. The molecule has 1 aliphatic rings. The highest BCUT2D eigenvalue weighted by Crippen LogP contribution is 2.15. The van der Waals surface area contributed by atoms with Gasteiger partial charge in [-0.3, -0.25) is 9.69 Å². The van der Waals surface area contributed by atoms with E-state index in [4.69, 9.17) is 9.47 Å². The second kappa shape index (κ2) is 5.78. The molecule has 4 nitrogen and oxygen atoms in total. The molecule has 1 aliphatic heterocycles. The Bertz CT molecular complexity index is 265. The summed E-state index contributed by atoms with van der Waals surface area (Å²) in [4.78, 5) is 13.3. The molecule has 1 fully saturated rings. The van der Waals surface area contributed by atoms with Crippen LogP contribution in [0.2, 0.25) is 0 Å². The molecular formula is C12H22FNO3. The number of rotatable bonds is 4. The van der Waals surface area contributed by atoms with E-state index in [-0.39, 0.29) is 25.0 Å². The van der Waals surface area contributed by atoms with E-state index < -0.39 is 11.8 Å². The number of hydrogen-bond donors (Lipinski definition) is 0. The van der Waals surface area contributed by atoms with Crippen LogP contribution in [0.25, 0.3) is 0 Å². The molecule has 0 spiro atoms. The first kappa shape index (κ1) is 14.4. The first-order valence-electron chi connectivity index (χ1n) is 5.93. The van der Waals surface area contributed by atoms with E-state index in [0.29, 0.717) is 13.2 Å². The van der Waals surface area contributed by atoms with Crippen molar-refractivity contribution in [2.75, 3.05) is 26.8 Å². The Balaban J connectivity index is 2.28. The molecule has 0 bridgehead atoms. The van der Waals surface area contributed by atoms with Crippen LogP contribution < -0.4 is 0 Å². The summed E-state index contributed by atoms with van der Waals surface area (Å²) in [5, 5.41) is 0. The SMILES string of the molecule is CN(CCC(=O)OC(C)(C)C)[C@@H]1COC[C@H]1F. The highest BCUT2D eigenvalue weighted by atomic mass is 19.1. The van der Waals surface area contributed by atoms with Crippen LogP contribution >= 0.6 is 0 Å². The second-order valence-corrected chi connectivity index (χ2v) is 5.44. The predicted octanol–water partition coefficient (Wildman–Crippen LogP) is 1.39. The van der Waals surface area contributed by atoms with E-state index in [1.807, 2.05) is 25.7 Å². The second-order valence-electron chi connectivity index (χ2n) is 5.44. The van der Waals surface area contributed by atoms with Crippen molar-refractivity contribution in [1.29, 1.82) is 0 Å². The fourth-order valence-corrected chi connectivity index (χ4v) is 1.75. The quantitative estimate of drug-likeness (QED) is 0.704. The zero-order valence-electron chi connectivity index (χ0n) is 11.0. The van der Waals surface area contributed by atoms with E-state index in [0.717, 1.165) is 0 Å². The molecule has 0 aliphatic carbocycles. The van der Waals surface area contributed by atoms with Crippen molar-refractivity contribution in [3.63, 3.8) is 0 Å². The summed E-state index contributed by atoms with van der Waals surface area (Å²) < 4.78 is 23.6. The smallest absolute Gasteiger partial charge is 0.307 e. The summed E-state index contributed by atoms with van der Waals surface area (Å²) in [7, 11) is 1.80. The third kappa shape index (κ3) is 5.00. The first-order chi connectivity index (χ1) is 7.79. The van der Waals surface area contributed by atoms with Crippen LogP contribution in [0.4, 0.5) is 4.39 Å². The van der Waals surface area contributed by atoms with Gasteiger partial charge in [0, 0.05) is 6.54 Å². The number of carbonyl (C=O) groups excluding carboxylic acids is 1. The third-order valence-corrected chi connectivity index (χ3v) is 2.64. The molecule has 5 heteroatoms. The van der Waals surface area contributed by atoms with E-state index in [2.05, 4.69) is 0 Å². The number of ether oxygens (including phenoxy) is 2. The summed E-state index contributed by atoms with van der Waals surface area (Å²) in [6, 6.07) is -0.238. The lowest BCUT2D eigenvalue weighted by Gasteiger charge is -2.25. The van der Waals surface area contributed by atoms with Gasteiger partial charge in [-0.25, -0.2) is 4.39 Å². The minimum Gasteiger partial charge on any atom is -0.460 e. The van der Waals surface area contributed by atoms with E-state index in [9.17, 15) is 9.18 Å². The average Bonchev–Trinajstić information content (AvgIpc) is 2.58. The molecule has 0 unspecified atom stereocenters. The van der Waals surface area contributed by atoms with E-state index >= 15 is 0 Å². The lowest BCUT2D eigenvalue weighted by atomic mass is 10.2. The first-order valence-corrected chi connectivity index (χ1v) is 5.93. The van der Waals surface area contributed by atoms with Crippen molar-refractivity contribution < 1.29 is 18.7 Å². The molecule has 0 aromatic rings. The molecule has 0 aromatic heterocycles. The standard InChI is InChI=1S/C12H22FNO3/c1-12(2,3)17-11(15)5-6-14(4)10-8-16-7-9(10)13/h9-10H,5-8H2,1-4H3/t9-,10-/m1/s1. The van der Waals surface area contributed by atoms with Gasteiger partial charge in [0.2, 0.25) is 0 Å². The molecule has 1 heterocycles. The fourth-order valence-electron chi connectivity index (χ4n) is 1.75. The Morgan fingerprint density at radius 1 is 1.47 bits per heavy atom. The van der Waals surface area contributed by atoms with Gasteiger partial charge in [0.25, 0.3) is 0 Å². The summed E-state index contributed by atoms with van der Waals surface area (Å²) >= 11 is 0. The van der Waals surface area contributed by atoms with Gasteiger partial charge in [-0.05, 0) is 27.8 Å². The van der Waals surface area contributed by atoms with Crippen molar-refractivity contribution >= 4 is 5.97 Å². The summed E-state index contributed by atoms with van der Waals surface area (Å²) in [5.41, 5.74) is -0.464. The summed E-state index contributed by atoms with van der Waals surface area (Å²) in [5.74, 6) is -0.251. The maximum Gasteiger partial charge on any atom is 0.307 e. The van der Waals surface area contributed by atoms with Gasteiger partial charge < -0.3 is 9.47 Å². The Morgan fingerprint density at radius 2 is 2.12 bits per heavy atom. The van der Waals surface area contributed by atoms with Crippen LogP contribution in [0.5, 0.6) is 0 Å². The van der Waals surface area contributed by atoms with Crippen LogP contribution in [0, 0.1) is 0 Å². The lowest BCUT2D eigenvalue weighted by Crippen LogP contribution is -2.40. The zero-order chi connectivity index (χ0) is 13.1. The normalized spacial score (nSPS) is 25.3. The molecule has 0 radical (unpaired) electrons. The van der Waals surface area contributed by atoms with Crippen LogP contribution in [-0.2, 0) is 14.3 Å². The van der Waals surface area contributed by atoms with Gasteiger partial charge in [0.1, 0.15) is 11.8 Å². The van der Waals surface area contributed by atoms with Crippen molar-refractivity contribution in [2.24, 2.45) is 0 Å². The summed E-state index contributed by atoms with van der Waals surface area (Å²) in [6.07, 6.45) is -0.685. The van der Waals surface area contributed by atoms with Gasteiger partial charge in [-0.2, -0.15) is 0 Å². The Kier molecular flexibility index (Phi) is 4.89. The minimum absolute atomic E-state index is 0.154. The Hall–Kier alpha value is -0.680. The maximum absolute atomic E-state index is 13.4. The Labute approximate surface area is 102 Å². The number of alkyl halides is 1. The lowest BCUT2D eigenvalue weighted by molar-refractivity contribution is -0.155. The molecule has 1 saturated heterocycles. The molecular weight excluding hydrogens is 225 g/mol. The van der Waals surface area contributed by atoms with Crippen molar-refractivity contribution in [1.82, 2.24) is 4.90 Å². The predicted molar refractivity (Wildman–Crippen MR) is 62.6 cm³/mol. The van der Waals surface area contributed by atoms with Crippen molar-refractivity contribution in [3.05, 3.63) is 0 Å². The Morgan fingerprint density at radius 3 is 2.59 bits per heavy atom. The van der Waals surface area contributed by atoms with Gasteiger partial charge in [-0.15, -0.1) is 0 Å². The van der Waals surface area contributed by atoms with E-state index in [1.54, 1.807) is 7.05 Å². The number of carbonyl (C=O) groups is 1. The van der Waals surface area contributed by atoms with Crippen LogP contribution in [0.15, 0.2) is 0 Å². The van der Waals surface area contributed by atoms with Crippen molar-refractivity contribution in [2.45, 2.75) is 45.0 Å². The topological polar surface area (TPSA) is 38.8 Å². The van der Waals surface area contributed by atoms with Crippen molar-refractivity contribution in [3.8, 4) is 0 Å². The highest BCUT2D eigenvalue weighted by molar-refractivity contribution is 5.70. The molecule has 0 N–H and O–H groups in total. The molecule has 1 rings (SSSR count). The number of halogens is 1. The molecule has 100 valence electrons. The number of esters is 1. The number of nitrogens with zero attached hydrogens (tertiary/aromatic N) is 1. The monoisotopic (exact) mass is 247 g/mol. The van der Waals surface area contributed by atoms with E-state index in [1.165, 1.54) is 0 Å². The molecule has 0 aromatic carbocycles. The molecule has 0 saturated carbocycles. The van der Waals surface area contributed by atoms with Crippen LogP contribution in [0.3, 0.4) is 0 Å². The van der Waals surface area contributed by atoms with Crippen LogP contribution in [-0.4, -0.2) is 55.5 Å². The van der Waals surface area contributed by atoms with Gasteiger partial charge in [-0.1, -0.05) is 0 Å².